The first-order valence-corrected chi connectivity index (χ1v) is 9.94. The average Bonchev–Trinajstić information content (AvgIpc) is 3.13. The van der Waals surface area contributed by atoms with Crippen LogP contribution in [0.5, 0.6) is 11.5 Å². The van der Waals surface area contributed by atoms with E-state index in [1.807, 2.05) is 17.5 Å². The molecule has 0 fully saturated rings. The second-order valence-electron chi connectivity index (χ2n) is 5.62. The van der Waals surface area contributed by atoms with Crippen molar-refractivity contribution in [2.75, 3.05) is 24.4 Å². The maximum atomic E-state index is 12.3. The van der Waals surface area contributed by atoms with E-state index in [0.717, 1.165) is 4.47 Å². The van der Waals surface area contributed by atoms with Gasteiger partial charge in [0, 0.05) is 15.8 Å². The number of halogens is 1. The van der Waals surface area contributed by atoms with Crippen molar-refractivity contribution in [2.45, 2.75) is 0 Å². The van der Waals surface area contributed by atoms with Gasteiger partial charge in [-0.3, -0.25) is 9.59 Å². The molecule has 28 heavy (non-hydrogen) atoms. The van der Waals surface area contributed by atoms with Crippen LogP contribution in [0.4, 0.5) is 11.4 Å². The lowest BCUT2D eigenvalue weighted by molar-refractivity contribution is -0.118. The number of methoxy groups -OCH3 is 1. The van der Waals surface area contributed by atoms with Gasteiger partial charge in [-0.05, 0) is 57.7 Å². The Morgan fingerprint density at radius 3 is 2.39 bits per heavy atom. The molecule has 2 N–H and O–H groups in total. The molecule has 1 aromatic heterocycles. The second-order valence-corrected chi connectivity index (χ2v) is 7.39. The van der Waals surface area contributed by atoms with Gasteiger partial charge in [-0.2, -0.15) is 0 Å². The largest absolute Gasteiger partial charge is 0.493 e. The van der Waals surface area contributed by atoms with Gasteiger partial charge in [0.2, 0.25) is 0 Å². The summed E-state index contributed by atoms with van der Waals surface area (Å²) >= 11 is 4.69. The molecular formula is C20H17BrN2O4S. The first kappa shape index (κ1) is 19.9. The van der Waals surface area contributed by atoms with Crippen LogP contribution in [0.3, 0.4) is 0 Å². The molecule has 0 spiro atoms. The molecule has 3 rings (SSSR count). The van der Waals surface area contributed by atoms with Crippen molar-refractivity contribution in [1.29, 1.82) is 0 Å². The van der Waals surface area contributed by atoms with Crippen molar-refractivity contribution in [2.24, 2.45) is 0 Å². The second kappa shape index (κ2) is 9.38. The number of para-hydroxylation sites is 2. The van der Waals surface area contributed by atoms with Crippen molar-refractivity contribution >= 4 is 50.5 Å². The molecule has 6 nitrogen and oxygen atoms in total. The predicted molar refractivity (Wildman–Crippen MR) is 114 cm³/mol. The first-order valence-electron chi connectivity index (χ1n) is 8.27. The van der Waals surface area contributed by atoms with Crippen LogP contribution < -0.4 is 20.1 Å². The Kier molecular flexibility index (Phi) is 6.67. The Morgan fingerprint density at radius 2 is 1.71 bits per heavy atom. The van der Waals surface area contributed by atoms with Gasteiger partial charge >= 0.3 is 0 Å². The van der Waals surface area contributed by atoms with Gasteiger partial charge in [0.05, 0.1) is 7.11 Å². The van der Waals surface area contributed by atoms with E-state index in [9.17, 15) is 9.59 Å². The molecule has 8 heteroatoms. The van der Waals surface area contributed by atoms with Gasteiger partial charge in [-0.25, -0.2) is 0 Å². The molecule has 2 aromatic carbocycles. The molecule has 144 valence electrons. The monoisotopic (exact) mass is 460 g/mol. The minimum Gasteiger partial charge on any atom is -0.493 e. The van der Waals surface area contributed by atoms with Crippen LogP contribution in [-0.4, -0.2) is 25.5 Å². The van der Waals surface area contributed by atoms with Crippen molar-refractivity contribution < 1.29 is 19.1 Å². The number of hydrogen-bond donors (Lipinski definition) is 2. The number of carbonyl (C=O) groups excluding carboxylic acids is 2. The summed E-state index contributed by atoms with van der Waals surface area (Å²) in [6.07, 6.45) is 0. The lowest BCUT2D eigenvalue weighted by atomic mass is 10.2. The molecule has 0 radical (unpaired) electrons. The van der Waals surface area contributed by atoms with E-state index >= 15 is 0 Å². The Morgan fingerprint density at radius 1 is 1.00 bits per heavy atom. The number of carbonyl (C=O) groups is 2. The van der Waals surface area contributed by atoms with Crippen LogP contribution in [0.2, 0.25) is 0 Å². The van der Waals surface area contributed by atoms with Gasteiger partial charge in [0.1, 0.15) is 4.88 Å². The van der Waals surface area contributed by atoms with Crippen LogP contribution in [0, 0.1) is 0 Å². The fraction of sp³-hybridized carbons (Fsp3) is 0.100. The van der Waals surface area contributed by atoms with E-state index in [1.165, 1.54) is 18.4 Å². The smallest absolute Gasteiger partial charge is 0.266 e. The molecule has 0 aliphatic heterocycles. The number of ether oxygens (including phenoxy) is 2. The molecule has 0 unspecified atom stereocenters. The van der Waals surface area contributed by atoms with Gasteiger partial charge in [0.15, 0.2) is 18.1 Å². The van der Waals surface area contributed by atoms with E-state index in [4.69, 9.17) is 9.47 Å². The van der Waals surface area contributed by atoms with E-state index < -0.39 is 0 Å². The molecule has 0 saturated carbocycles. The highest BCUT2D eigenvalue weighted by Crippen LogP contribution is 2.26. The molecule has 0 bridgehead atoms. The maximum absolute atomic E-state index is 12.3. The molecule has 0 atom stereocenters. The van der Waals surface area contributed by atoms with Crippen LogP contribution in [0.15, 0.2) is 64.5 Å². The highest BCUT2D eigenvalue weighted by molar-refractivity contribution is 9.10. The molecule has 2 amide bonds. The maximum Gasteiger partial charge on any atom is 0.266 e. The minimum atomic E-state index is -0.324. The molecule has 1 heterocycles. The SMILES string of the molecule is COc1ccccc1OCC(=O)Nc1cccc(NC(=O)c2sccc2Br)c1. The van der Waals surface area contributed by atoms with Crippen molar-refractivity contribution in [3.05, 3.63) is 69.3 Å². The minimum absolute atomic E-state index is 0.168. The lowest BCUT2D eigenvalue weighted by Gasteiger charge is -2.11. The predicted octanol–water partition coefficient (Wildman–Crippen LogP) is 4.79. The van der Waals surface area contributed by atoms with Gasteiger partial charge < -0.3 is 20.1 Å². The van der Waals surface area contributed by atoms with Crippen molar-refractivity contribution in [1.82, 2.24) is 0 Å². The molecule has 0 aliphatic carbocycles. The Hall–Kier alpha value is -2.84. The molecule has 0 aliphatic rings. The number of nitrogens with one attached hydrogen (secondary N) is 2. The average molecular weight is 461 g/mol. The van der Waals surface area contributed by atoms with Crippen molar-refractivity contribution in [3.63, 3.8) is 0 Å². The summed E-state index contributed by atoms with van der Waals surface area (Å²) < 4.78 is 11.4. The van der Waals surface area contributed by atoms with E-state index in [2.05, 4.69) is 26.6 Å². The molecule has 0 saturated heterocycles. The van der Waals surface area contributed by atoms with Gasteiger partial charge in [0.25, 0.3) is 11.8 Å². The summed E-state index contributed by atoms with van der Waals surface area (Å²) in [5.74, 6) is 0.502. The number of amides is 2. The van der Waals surface area contributed by atoms with E-state index in [1.54, 1.807) is 42.5 Å². The zero-order chi connectivity index (χ0) is 19.9. The van der Waals surface area contributed by atoms with Crippen LogP contribution in [0.25, 0.3) is 0 Å². The Balaban J connectivity index is 1.58. The summed E-state index contributed by atoms with van der Waals surface area (Å²) in [7, 11) is 1.54. The highest BCUT2D eigenvalue weighted by Gasteiger charge is 2.12. The van der Waals surface area contributed by atoms with Crippen molar-refractivity contribution in [3.8, 4) is 11.5 Å². The van der Waals surface area contributed by atoms with Crippen LogP contribution >= 0.6 is 27.3 Å². The number of benzene rings is 2. The summed E-state index contributed by atoms with van der Waals surface area (Å²) in [6.45, 7) is -0.168. The third-order valence-electron chi connectivity index (χ3n) is 3.66. The molecular weight excluding hydrogens is 444 g/mol. The third kappa shape index (κ3) is 5.11. The van der Waals surface area contributed by atoms with Crippen LogP contribution in [0.1, 0.15) is 9.67 Å². The lowest BCUT2D eigenvalue weighted by Crippen LogP contribution is -2.20. The number of anilines is 2. The Labute approximate surface area is 174 Å². The summed E-state index contributed by atoms with van der Waals surface area (Å²) in [6, 6.07) is 15.8. The summed E-state index contributed by atoms with van der Waals surface area (Å²) in [5, 5.41) is 7.39. The fourth-order valence-electron chi connectivity index (χ4n) is 2.40. The zero-order valence-electron chi connectivity index (χ0n) is 14.9. The van der Waals surface area contributed by atoms with Gasteiger partial charge in [-0.1, -0.05) is 18.2 Å². The van der Waals surface area contributed by atoms with Gasteiger partial charge in [-0.15, -0.1) is 11.3 Å². The third-order valence-corrected chi connectivity index (χ3v) is 5.49. The zero-order valence-corrected chi connectivity index (χ0v) is 17.3. The normalized spacial score (nSPS) is 10.2. The van der Waals surface area contributed by atoms with E-state index in [-0.39, 0.29) is 18.4 Å². The number of thiophene rings is 1. The molecule has 3 aromatic rings. The fourth-order valence-corrected chi connectivity index (χ4v) is 3.84. The number of rotatable bonds is 7. The first-order chi connectivity index (χ1) is 13.6. The topological polar surface area (TPSA) is 76.7 Å². The van der Waals surface area contributed by atoms with E-state index in [0.29, 0.717) is 27.8 Å². The highest BCUT2D eigenvalue weighted by atomic mass is 79.9. The number of hydrogen-bond acceptors (Lipinski definition) is 5. The standard InChI is InChI=1S/C20H17BrN2O4S/c1-26-16-7-2-3-8-17(16)27-12-18(24)22-13-5-4-6-14(11-13)23-20(25)19-15(21)9-10-28-19/h2-11H,12H2,1H3,(H,22,24)(H,23,25). The summed E-state index contributed by atoms with van der Waals surface area (Å²) in [5.41, 5.74) is 1.13. The quantitative estimate of drug-likeness (QED) is 0.531. The summed E-state index contributed by atoms with van der Waals surface area (Å²) in [4.78, 5) is 25.1. The Bertz CT molecular complexity index is 990. The van der Waals surface area contributed by atoms with Crippen LogP contribution in [-0.2, 0) is 4.79 Å².